The van der Waals surface area contributed by atoms with E-state index in [1.54, 1.807) is 0 Å². The highest BCUT2D eigenvalue weighted by atomic mass is 14.3. The summed E-state index contributed by atoms with van der Waals surface area (Å²) >= 11 is 0. The molecule has 1 saturated carbocycles. The lowest BCUT2D eigenvalue weighted by molar-refractivity contribution is 0.333. The summed E-state index contributed by atoms with van der Waals surface area (Å²) in [4.78, 5) is 0. The van der Waals surface area contributed by atoms with Crippen molar-refractivity contribution >= 4 is 0 Å². The molecular weight excluding hydrogens is 168 g/mol. The normalized spacial score (nSPS) is 20.1. The van der Waals surface area contributed by atoms with Crippen LogP contribution < -0.4 is 0 Å². The topological polar surface area (TPSA) is 0 Å². The van der Waals surface area contributed by atoms with Gasteiger partial charge in [0, 0.05) is 0 Å². The predicted molar refractivity (Wildman–Crippen MR) is 64.5 cm³/mol. The van der Waals surface area contributed by atoms with Crippen molar-refractivity contribution in [2.45, 2.75) is 78.1 Å². The van der Waals surface area contributed by atoms with Gasteiger partial charge in [0.1, 0.15) is 0 Å². The summed E-state index contributed by atoms with van der Waals surface area (Å²) in [6.07, 6.45) is 14.8. The minimum absolute atomic E-state index is 1.01. The van der Waals surface area contributed by atoms with Crippen LogP contribution >= 0.6 is 0 Å². The Morgan fingerprint density at radius 2 is 1.64 bits per heavy atom. The maximum Gasteiger partial charge on any atom is -0.0388 e. The second kappa shape index (κ2) is 7.31. The second-order valence-corrected chi connectivity index (χ2v) is 5.22. The summed E-state index contributed by atoms with van der Waals surface area (Å²) in [6, 6.07) is 0. The van der Waals surface area contributed by atoms with E-state index in [1.807, 2.05) is 0 Å². The Morgan fingerprint density at radius 3 is 2.29 bits per heavy atom. The molecule has 1 aliphatic carbocycles. The highest BCUT2D eigenvalue weighted by Gasteiger charge is 2.20. The third-order valence-corrected chi connectivity index (χ3v) is 3.97. The second-order valence-electron chi connectivity index (χ2n) is 5.22. The van der Waals surface area contributed by atoms with E-state index < -0.39 is 0 Å². The first kappa shape index (κ1) is 12.1. The minimum atomic E-state index is 1.01. The largest absolute Gasteiger partial charge is 0.0654 e. The molecule has 1 aliphatic rings. The number of hydrogen-bond acceptors (Lipinski definition) is 0. The van der Waals surface area contributed by atoms with E-state index in [1.165, 1.54) is 64.2 Å². The summed E-state index contributed by atoms with van der Waals surface area (Å²) in [6.45, 7) is 4.77. The lowest BCUT2D eigenvalue weighted by Crippen LogP contribution is -2.07. The molecule has 0 spiro atoms. The molecule has 1 atom stereocenters. The molecule has 0 aromatic heterocycles. The van der Waals surface area contributed by atoms with Crippen LogP contribution in [0.4, 0.5) is 0 Å². The van der Waals surface area contributed by atoms with Gasteiger partial charge >= 0.3 is 0 Å². The number of rotatable bonds is 7. The standard InChI is InChI=1S/C14H28/c1-3-4-5-6-7-10-13(2)14-11-8-9-12-14/h13-14H,3-12H2,1-2H3. The average molecular weight is 196 g/mol. The van der Waals surface area contributed by atoms with Gasteiger partial charge in [-0.3, -0.25) is 0 Å². The molecule has 1 fully saturated rings. The minimum Gasteiger partial charge on any atom is -0.0654 e. The van der Waals surface area contributed by atoms with Crippen molar-refractivity contribution in [2.24, 2.45) is 11.8 Å². The van der Waals surface area contributed by atoms with E-state index >= 15 is 0 Å². The Kier molecular flexibility index (Phi) is 6.31. The van der Waals surface area contributed by atoms with Gasteiger partial charge in [0.2, 0.25) is 0 Å². The van der Waals surface area contributed by atoms with Gasteiger partial charge in [0.05, 0.1) is 0 Å². The lowest BCUT2D eigenvalue weighted by atomic mass is 9.88. The van der Waals surface area contributed by atoms with Gasteiger partial charge in [-0.15, -0.1) is 0 Å². The van der Waals surface area contributed by atoms with Gasteiger partial charge in [-0.25, -0.2) is 0 Å². The summed E-state index contributed by atoms with van der Waals surface area (Å²) in [5.74, 6) is 2.10. The quantitative estimate of drug-likeness (QED) is 0.493. The van der Waals surface area contributed by atoms with Crippen LogP contribution in [0.1, 0.15) is 78.1 Å². The summed E-state index contributed by atoms with van der Waals surface area (Å²) in [5, 5.41) is 0. The molecule has 0 N–H and O–H groups in total. The van der Waals surface area contributed by atoms with Crippen LogP contribution in [0.15, 0.2) is 0 Å². The number of hydrogen-bond donors (Lipinski definition) is 0. The van der Waals surface area contributed by atoms with Gasteiger partial charge in [-0.1, -0.05) is 78.1 Å². The molecule has 14 heavy (non-hydrogen) atoms. The van der Waals surface area contributed by atoms with E-state index in [0.29, 0.717) is 0 Å². The van der Waals surface area contributed by atoms with Crippen LogP contribution in [0.25, 0.3) is 0 Å². The summed E-state index contributed by atoms with van der Waals surface area (Å²) in [5.41, 5.74) is 0. The molecule has 0 aromatic carbocycles. The molecule has 0 aliphatic heterocycles. The molecule has 0 aromatic rings. The Morgan fingerprint density at radius 1 is 1.00 bits per heavy atom. The smallest absolute Gasteiger partial charge is 0.0388 e. The Labute approximate surface area is 90.5 Å². The van der Waals surface area contributed by atoms with Gasteiger partial charge in [0.25, 0.3) is 0 Å². The molecule has 1 rings (SSSR count). The van der Waals surface area contributed by atoms with E-state index in [0.717, 1.165) is 11.8 Å². The molecule has 0 nitrogen and oxygen atoms in total. The monoisotopic (exact) mass is 196 g/mol. The third kappa shape index (κ3) is 4.48. The van der Waals surface area contributed by atoms with E-state index in [2.05, 4.69) is 13.8 Å². The van der Waals surface area contributed by atoms with Gasteiger partial charge in [-0.05, 0) is 11.8 Å². The molecule has 0 heteroatoms. The van der Waals surface area contributed by atoms with Crippen LogP contribution in [-0.4, -0.2) is 0 Å². The molecule has 0 amide bonds. The fourth-order valence-corrected chi connectivity index (χ4v) is 2.83. The van der Waals surface area contributed by atoms with Crippen LogP contribution in [-0.2, 0) is 0 Å². The van der Waals surface area contributed by atoms with Crippen molar-refractivity contribution in [3.8, 4) is 0 Å². The molecule has 0 heterocycles. The zero-order valence-corrected chi connectivity index (χ0v) is 10.2. The molecule has 0 saturated heterocycles. The van der Waals surface area contributed by atoms with Crippen molar-refractivity contribution in [2.75, 3.05) is 0 Å². The first-order valence-corrected chi connectivity index (χ1v) is 6.84. The lowest BCUT2D eigenvalue weighted by Gasteiger charge is -2.18. The third-order valence-electron chi connectivity index (χ3n) is 3.97. The van der Waals surface area contributed by atoms with E-state index in [4.69, 9.17) is 0 Å². The summed E-state index contributed by atoms with van der Waals surface area (Å²) < 4.78 is 0. The Balaban J connectivity index is 1.94. The molecule has 1 unspecified atom stereocenters. The fourth-order valence-electron chi connectivity index (χ4n) is 2.83. The van der Waals surface area contributed by atoms with Crippen LogP contribution in [0.2, 0.25) is 0 Å². The highest BCUT2D eigenvalue weighted by Crippen LogP contribution is 2.33. The number of unbranched alkanes of at least 4 members (excludes halogenated alkanes) is 4. The van der Waals surface area contributed by atoms with Crippen molar-refractivity contribution in [1.29, 1.82) is 0 Å². The Hall–Kier alpha value is 0. The van der Waals surface area contributed by atoms with Crippen molar-refractivity contribution in [1.82, 2.24) is 0 Å². The van der Waals surface area contributed by atoms with Crippen LogP contribution in [0.5, 0.6) is 0 Å². The van der Waals surface area contributed by atoms with E-state index in [-0.39, 0.29) is 0 Å². The van der Waals surface area contributed by atoms with Crippen LogP contribution in [0.3, 0.4) is 0 Å². The van der Waals surface area contributed by atoms with Gasteiger partial charge in [-0.2, -0.15) is 0 Å². The zero-order chi connectivity index (χ0) is 10.2. The van der Waals surface area contributed by atoms with Crippen molar-refractivity contribution in [3.63, 3.8) is 0 Å². The fraction of sp³-hybridized carbons (Fsp3) is 1.00. The SMILES string of the molecule is CCCCCCCC(C)C1CCCC1. The van der Waals surface area contributed by atoms with Gasteiger partial charge < -0.3 is 0 Å². The van der Waals surface area contributed by atoms with Gasteiger partial charge in [0.15, 0.2) is 0 Å². The predicted octanol–water partition coefficient (Wildman–Crippen LogP) is 5.17. The van der Waals surface area contributed by atoms with E-state index in [9.17, 15) is 0 Å². The zero-order valence-electron chi connectivity index (χ0n) is 10.2. The van der Waals surface area contributed by atoms with Crippen molar-refractivity contribution < 1.29 is 0 Å². The molecular formula is C14H28. The highest BCUT2D eigenvalue weighted by molar-refractivity contribution is 4.72. The first-order valence-electron chi connectivity index (χ1n) is 6.84. The molecule has 0 radical (unpaired) electrons. The molecule has 84 valence electrons. The molecule has 0 bridgehead atoms. The summed E-state index contributed by atoms with van der Waals surface area (Å²) in [7, 11) is 0. The average Bonchev–Trinajstić information content (AvgIpc) is 2.70. The Bertz CT molecular complexity index is 122. The van der Waals surface area contributed by atoms with Crippen molar-refractivity contribution in [3.05, 3.63) is 0 Å². The first-order chi connectivity index (χ1) is 6.84. The van der Waals surface area contributed by atoms with Crippen LogP contribution in [0, 0.1) is 11.8 Å². The maximum atomic E-state index is 2.48. The maximum absolute atomic E-state index is 2.48.